The smallest absolute Gasteiger partial charge is 0.306 e. The average Bonchev–Trinajstić information content (AvgIpc) is 2.94. The SMILES string of the molecule is O=C1c2c(sc3ccccc23)CCN1c1cnccc1C(F)(F)F. The molecular weight excluding hydrogens is 337 g/mol. The van der Waals surface area contributed by atoms with E-state index in [-0.39, 0.29) is 12.2 Å². The van der Waals surface area contributed by atoms with Gasteiger partial charge in [0.15, 0.2) is 0 Å². The second-order valence-corrected chi connectivity index (χ2v) is 6.63. The predicted molar refractivity (Wildman–Crippen MR) is 86.4 cm³/mol. The lowest BCUT2D eigenvalue weighted by molar-refractivity contribution is -0.137. The Morgan fingerprint density at radius 1 is 1.17 bits per heavy atom. The standard InChI is InChI=1S/C17H11F3N2OS/c18-17(19,20)11-5-7-21-9-12(11)22-8-6-14-15(16(22)23)10-3-1-2-4-13(10)24-14/h1-5,7,9H,6,8H2. The summed E-state index contributed by atoms with van der Waals surface area (Å²) in [5, 5.41) is 0.796. The van der Waals surface area contributed by atoms with Crippen molar-refractivity contribution in [3.63, 3.8) is 0 Å². The van der Waals surface area contributed by atoms with Crippen molar-refractivity contribution in [1.82, 2.24) is 4.98 Å². The van der Waals surface area contributed by atoms with Gasteiger partial charge in [0.2, 0.25) is 0 Å². The Kier molecular flexibility index (Phi) is 3.35. The molecule has 4 rings (SSSR count). The lowest BCUT2D eigenvalue weighted by Crippen LogP contribution is -2.38. The molecule has 122 valence electrons. The van der Waals surface area contributed by atoms with Crippen LogP contribution >= 0.6 is 11.3 Å². The van der Waals surface area contributed by atoms with Crippen LogP contribution in [0.3, 0.4) is 0 Å². The lowest BCUT2D eigenvalue weighted by Gasteiger charge is -2.29. The van der Waals surface area contributed by atoms with Gasteiger partial charge in [-0.1, -0.05) is 18.2 Å². The quantitative estimate of drug-likeness (QED) is 0.648. The lowest BCUT2D eigenvalue weighted by atomic mass is 10.0. The number of hydrogen-bond donors (Lipinski definition) is 0. The summed E-state index contributed by atoms with van der Waals surface area (Å²) in [6.07, 6.45) is -1.80. The molecule has 0 aliphatic carbocycles. The third-order valence-electron chi connectivity index (χ3n) is 4.09. The molecule has 3 nitrogen and oxygen atoms in total. The highest BCUT2D eigenvalue weighted by molar-refractivity contribution is 7.19. The van der Waals surface area contributed by atoms with Gasteiger partial charge in [-0.3, -0.25) is 9.78 Å². The minimum absolute atomic E-state index is 0.184. The number of halogens is 3. The number of amides is 1. The minimum atomic E-state index is -4.53. The number of aromatic nitrogens is 1. The van der Waals surface area contributed by atoms with Crippen LogP contribution in [0, 0.1) is 0 Å². The van der Waals surface area contributed by atoms with E-state index in [4.69, 9.17) is 0 Å². The normalized spacial score (nSPS) is 15.0. The molecule has 1 aromatic carbocycles. The number of nitrogens with zero attached hydrogens (tertiary/aromatic N) is 2. The molecule has 0 unspecified atom stereocenters. The number of thiophene rings is 1. The van der Waals surface area contributed by atoms with Crippen molar-refractivity contribution >= 4 is 33.0 Å². The summed E-state index contributed by atoms with van der Waals surface area (Å²) < 4.78 is 40.7. The van der Waals surface area contributed by atoms with Gasteiger partial charge in [0, 0.05) is 34.1 Å². The fraction of sp³-hybridized carbons (Fsp3) is 0.176. The van der Waals surface area contributed by atoms with E-state index < -0.39 is 17.6 Å². The van der Waals surface area contributed by atoms with Crippen molar-refractivity contribution < 1.29 is 18.0 Å². The molecule has 0 N–H and O–H groups in total. The van der Waals surface area contributed by atoms with Gasteiger partial charge < -0.3 is 4.90 Å². The third kappa shape index (κ3) is 2.27. The van der Waals surface area contributed by atoms with Crippen LogP contribution < -0.4 is 4.90 Å². The predicted octanol–water partition coefficient (Wildman–Crippen LogP) is 4.52. The third-order valence-corrected chi connectivity index (χ3v) is 5.32. The van der Waals surface area contributed by atoms with Gasteiger partial charge in [-0.05, 0) is 12.1 Å². The van der Waals surface area contributed by atoms with Gasteiger partial charge in [-0.15, -0.1) is 11.3 Å². The van der Waals surface area contributed by atoms with Gasteiger partial charge in [0.1, 0.15) is 0 Å². The second-order valence-electron chi connectivity index (χ2n) is 5.49. The van der Waals surface area contributed by atoms with Crippen LogP contribution in [-0.2, 0) is 12.6 Å². The van der Waals surface area contributed by atoms with Crippen LogP contribution in [0.4, 0.5) is 18.9 Å². The number of carbonyl (C=O) groups excluding carboxylic acids is 1. The number of anilines is 1. The maximum Gasteiger partial charge on any atom is 0.418 e. The van der Waals surface area contributed by atoms with Crippen LogP contribution in [0.2, 0.25) is 0 Å². The van der Waals surface area contributed by atoms with E-state index in [9.17, 15) is 18.0 Å². The van der Waals surface area contributed by atoms with Crippen molar-refractivity contribution in [3.05, 3.63) is 58.7 Å². The Hall–Kier alpha value is -2.41. The molecule has 0 saturated heterocycles. The van der Waals surface area contributed by atoms with Crippen molar-refractivity contribution in [1.29, 1.82) is 0 Å². The summed E-state index contributed by atoms with van der Waals surface area (Å²) in [7, 11) is 0. The maximum atomic E-state index is 13.3. The fourth-order valence-corrected chi connectivity index (χ4v) is 4.21. The van der Waals surface area contributed by atoms with Crippen LogP contribution in [0.1, 0.15) is 20.8 Å². The van der Waals surface area contributed by atoms with Crippen molar-refractivity contribution in [2.75, 3.05) is 11.4 Å². The monoisotopic (exact) mass is 348 g/mol. The van der Waals surface area contributed by atoms with E-state index in [1.54, 1.807) is 0 Å². The highest BCUT2D eigenvalue weighted by Gasteiger charge is 2.38. The second kappa shape index (κ2) is 5.31. The van der Waals surface area contributed by atoms with Crippen LogP contribution in [0.25, 0.3) is 10.1 Å². The van der Waals surface area contributed by atoms with Gasteiger partial charge in [-0.2, -0.15) is 13.2 Å². The van der Waals surface area contributed by atoms with Crippen LogP contribution in [-0.4, -0.2) is 17.4 Å². The number of rotatable bonds is 1. The highest BCUT2D eigenvalue weighted by atomic mass is 32.1. The van der Waals surface area contributed by atoms with Gasteiger partial charge in [-0.25, -0.2) is 0 Å². The molecular formula is C17H11F3N2OS. The molecule has 2 aromatic heterocycles. The molecule has 24 heavy (non-hydrogen) atoms. The number of fused-ring (bicyclic) bond motifs is 3. The first-order chi connectivity index (χ1) is 11.5. The summed E-state index contributed by atoms with van der Waals surface area (Å²) >= 11 is 1.53. The first-order valence-corrected chi connectivity index (χ1v) is 8.12. The van der Waals surface area contributed by atoms with Crippen LogP contribution in [0.5, 0.6) is 0 Å². The molecule has 3 aromatic rings. The maximum absolute atomic E-state index is 13.3. The van der Waals surface area contributed by atoms with Crippen molar-refractivity contribution in [3.8, 4) is 0 Å². The van der Waals surface area contributed by atoms with Gasteiger partial charge >= 0.3 is 6.18 Å². The average molecular weight is 348 g/mol. The Bertz CT molecular complexity index is 948. The summed E-state index contributed by atoms with van der Waals surface area (Å²) in [6, 6.07) is 8.37. The zero-order valence-corrected chi connectivity index (χ0v) is 13.1. The van der Waals surface area contributed by atoms with Crippen LogP contribution in [0.15, 0.2) is 42.7 Å². The Morgan fingerprint density at radius 3 is 2.75 bits per heavy atom. The van der Waals surface area contributed by atoms with E-state index >= 15 is 0 Å². The molecule has 0 fully saturated rings. The van der Waals surface area contributed by atoms with E-state index in [0.29, 0.717) is 12.0 Å². The summed E-state index contributed by atoms with van der Waals surface area (Å²) in [5.41, 5.74) is -0.511. The van der Waals surface area contributed by atoms with Gasteiger partial charge in [0.25, 0.3) is 5.91 Å². The Balaban J connectivity index is 1.85. The minimum Gasteiger partial charge on any atom is -0.306 e. The molecule has 0 saturated carbocycles. The molecule has 3 heterocycles. The fourth-order valence-electron chi connectivity index (χ4n) is 3.03. The number of benzene rings is 1. The van der Waals surface area contributed by atoms with E-state index in [1.807, 2.05) is 24.3 Å². The molecule has 0 bridgehead atoms. The van der Waals surface area contributed by atoms with Crippen molar-refractivity contribution in [2.24, 2.45) is 0 Å². The zero-order valence-electron chi connectivity index (χ0n) is 12.3. The van der Waals surface area contributed by atoms with E-state index in [0.717, 1.165) is 33.4 Å². The molecule has 0 spiro atoms. The van der Waals surface area contributed by atoms with E-state index in [1.165, 1.54) is 16.2 Å². The number of carbonyl (C=O) groups is 1. The van der Waals surface area contributed by atoms with E-state index in [2.05, 4.69) is 4.98 Å². The first kappa shape index (κ1) is 15.1. The molecule has 1 aliphatic rings. The Morgan fingerprint density at radius 2 is 1.96 bits per heavy atom. The molecule has 0 radical (unpaired) electrons. The Labute approximate surface area is 139 Å². The zero-order chi connectivity index (χ0) is 16.9. The molecule has 1 aliphatic heterocycles. The topological polar surface area (TPSA) is 33.2 Å². The first-order valence-electron chi connectivity index (χ1n) is 7.30. The molecule has 0 atom stereocenters. The number of hydrogen-bond acceptors (Lipinski definition) is 3. The number of alkyl halides is 3. The van der Waals surface area contributed by atoms with Gasteiger partial charge in [0.05, 0.1) is 23.0 Å². The summed E-state index contributed by atoms with van der Waals surface area (Å²) in [5.74, 6) is -0.396. The summed E-state index contributed by atoms with van der Waals surface area (Å²) in [4.78, 5) is 18.8. The molecule has 1 amide bonds. The highest BCUT2D eigenvalue weighted by Crippen LogP contribution is 2.40. The molecule has 7 heteroatoms. The van der Waals surface area contributed by atoms with Crippen molar-refractivity contribution in [2.45, 2.75) is 12.6 Å². The summed E-state index contributed by atoms with van der Waals surface area (Å²) in [6.45, 7) is 0.216. The number of pyridine rings is 1. The largest absolute Gasteiger partial charge is 0.418 e.